The number of carbonyl (C=O) groups is 2. The molecule has 1 aliphatic rings. The zero-order chi connectivity index (χ0) is 23.4. The van der Waals surface area contributed by atoms with Crippen molar-refractivity contribution in [1.29, 1.82) is 0 Å². The van der Waals surface area contributed by atoms with Crippen molar-refractivity contribution < 1.29 is 22.8 Å². The van der Waals surface area contributed by atoms with E-state index in [1.807, 2.05) is 4.90 Å². The fourth-order valence-electron chi connectivity index (χ4n) is 3.59. The summed E-state index contributed by atoms with van der Waals surface area (Å²) in [6.45, 7) is 1.46. The van der Waals surface area contributed by atoms with Crippen LogP contribution in [0.1, 0.15) is 40.2 Å². The van der Waals surface area contributed by atoms with E-state index < -0.39 is 17.6 Å². The van der Waals surface area contributed by atoms with Crippen molar-refractivity contribution in [2.45, 2.75) is 31.9 Å². The highest BCUT2D eigenvalue weighted by atomic mass is 32.1. The van der Waals surface area contributed by atoms with Gasteiger partial charge in [-0.15, -0.1) is 22.7 Å². The average molecular weight is 495 g/mol. The third-order valence-corrected chi connectivity index (χ3v) is 6.83. The quantitative estimate of drug-likeness (QED) is 0.465. The molecule has 0 aliphatic carbocycles. The van der Waals surface area contributed by atoms with Gasteiger partial charge in [-0.25, -0.2) is 4.98 Å². The van der Waals surface area contributed by atoms with Crippen LogP contribution in [0.15, 0.2) is 41.1 Å². The number of amides is 2. The molecule has 174 valence electrons. The lowest BCUT2D eigenvalue weighted by molar-refractivity contribution is -0.137. The zero-order valence-electron chi connectivity index (χ0n) is 17.4. The maximum Gasteiger partial charge on any atom is 0.416 e. The van der Waals surface area contributed by atoms with Crippen molar-refractivity contribution in [3.63, 3.8) is 0 Å². The molecule has 0 saturated carbocycles. The minimum absolute atomic E-state index is 0.124. The van der Waals surface area contributed by atoms with Gasteiger partial charge in [0.05, 0.1) is 33.9 Å². The molecule has 1 fully saturated rings. The summed E-state index contributed by atoms with van der Waals surface area (Å²) in [5.41, 5.74) is 0.327. The van der Waals surface area contributed by atoms with Crippen LogP contribution in [0.3, 0.4) is 0 Å². The molecule has 2 aromatic heterocycles. The van der Waals surface area contributed by atoms with Crippen LogP contribution in [0.25, 0.3) is 0 Å². The average Bonchev–Trinajstić information content (AvgIpc) is 3.46. The van der Waals surface area contributed by atoms with Gasteiger partial charge in [-0.2, -0.15) is 13.2 Å². The molecule has 0 atom stereocenters. The fourth-order valence-corrected chi connectivity index (χ4v) is 4.92. The molecule has 11 heteroatoms. The highest BCUT2D eigenvalue weighted by Crippen LogP contribution is 2.36. The van der Waals surface area contributed by atoms with Crippen molar-refractivity contribution >= 4 is 51.0 Å². The van der Waals surface area contributed by atoms with Crippen LogP contribution < -0.4 is 15.5 Å². The Balaban J connectivity index is 1.46. The number of thiazole rings is 1. The maximum atomic E-state index is 13.3. The van der Waals surface area contributed by atoms with E-state index in [2.05, 4.69) is 15.6 Å². The van der Waals surface area contributed by atoms with Gasteiger partial charge in [0.2, 0.25) is 5.91 Å². The van der Waals surface area contributed by atoms with E-state index in [1.54, 1.807) is 22.9 Å². The molecule has 4 rings (SSSR count). The second-order valence-electron chi connectivity index (χ2n) is 7.58. The summed E-state index contributed by atoms with van der Waals surface area (Å²) in [6, 6.07) is 6.91. The maximum absolute atomic E-state index is 13.3. The van der Waals surface area contributed by atoms with Crippen molar-refractivity contribution in [1.82, 2.24) is 4.98 Å². The number of nitrogens with one attached hydrogen (secondary N) is 2. The van der Waals surface area contributed by atoms with Crippen molar-refractivity contribution in [3.05, 3.63) is 57.2 Å². The van der Waals surface area contributed by atoms with Crippen molar-refractivity contribution in [2.24, 2.45) is 0 Å². The van der Waals surface area contributed by atoms with E-state index >= 15 is 0 Å². The monoisotopic (exact) mass is 494 g/mol. The van der Waals surface area contributed by atoms with Gasteiger partial charge < -0.3 is 10.2 Å². The van der Waals surface area contributed by atoms with E-state index in [9.17, 15) is 22.8 Å². The van der Waals surface area contributed by atoms with E-state index in [0.717, 1.165) is 44.5 Å². The summed E-state index contributed by atoms with van der Waals surface area (Å²) in [6.07, 6.45) is -1.65. The van der Waals surface area contributed by atoms with Gasteiger partial charge in [0, 0.05) is 18.5 Å². The van der Waals surface area contributed by atoms with Crippen LogP contribution in [0.4, 0.5) is 29.7 Å². The Bertz CT molecular complexity index is 1120. The standard InChI is InChI=1S/C22H21F3N4O2S2/c23-22(24,25)14-6-7-17(29-8-2-1-3-9-29)16(11-14)27-19(30)12-15-13-33-21(26-15)28-20(31)18-5-4-10-32-18/h4-7,10-11,13H,1-3,8-9,12H2,(H,27,30)(H,26,28,31). The summed E-state index contributed by atoms with van der Waals surface area (Å²) in [5.74, 6) is -0.764. The number of hydrogen-bond donors (Lipinski definition) is 2. The van der Waals surface area contributed by atoms with Gasteiger partial charge in [-0.05, 0) is 48.9 Å². The SMILES string of the molecule is O=C(Cc1csc(NC(=O)c2cccs2)n1)Nc1cc(C(F)(F)F)ccc1N1CCCCC1. The second-order valence-corrected chi connectivity index (χ2v) is 9.38. The van der Waals surface area contributed by atoms with Crippen LogP contribution >= 0.6 is 22.7 Å². The molecule has 0 spiro atoms. The van der Waals surface area contributed by atoms with Crippen molar-refractivity contribution in [3.8, 4) is 0 Å². The number of carbonyl (C=O) groups excluding carboxylic acids is 2. The Morgan fingerprint density at radius 2 is 1.85 bits per heavy atom. The molecule has 0 bridgehead atoms. The van der Waals surface area contributed by atoms with Gasteiger partial charge in [-0.1, -0.05) is 6.07 Å². The Morgan fingerprint density at radius 1 is 1.06 bits per heavy atom. The fraction of sp³-hybridized carbons (Fsp3) is 0.318. The van der Waals surface area contributed by atoms with E-state index in [-0.39, 0.29) is 18.0 Å². The highest BCUT2D eigenvalue weighted by molar-refractivity contribution is 7.14. The van der Waals surface area contributed by atoms with Crippen LogP contribution in [-0.2, 0) is 17.4 Å². The molecule has 33 heavy (non-hydrogen) atoms. The molecule has 2 N–H and O–H groups in total. The number of piperidine rings is 1. The van der Waals surface area contributed by atoms with Crippen molar-refractivity contribution in [2.75, 3.05) is 28.6 Å². The summed E-state index contributed by atoms with van der Waals surface area (Å²) in [7, 11) is 0. The first-order valence-electron chi connectivity index (χ1n) is 10.3. The third-order valence-electron chi connectivity index (χ3n) is 5.15. The van der Waals surface area contributed by atoms with Crippen LogP contribution in [0, 0.1) is 0 Å². The first kappa shape index (κ1) is 23.2. The van der Waals surface area contributed by atoms with E-state index in [0.29, 0.717) is 21.4 Å². The van der Waals surface area contributed by atoms with E-state index in [4.69, 9.17) is 0 Å². The molecule has 2 amide bonds. The number of anilines is 3. The summed E-state index contributed by atoms with van der Waals surface area (Å²) >= 11 is 2.48. The largest absolute Gasteiger partial charge is 0.416 e. The number of hydrogen-bond acceptors (Lipinski definition) is 6. The predicted octanol–water partition coefficient (Wildman–Crippen LogP) is 5.65. The number of rotatable bonds is 6. The Labute approximate surface area is 196 Å². The molecule has 0 unspecified atom stereocenters. The molecule has 3 aromatic rings. The molecule has 0 radical (unpaired) electrons. The van der Waals surface area contributed by atoms with Gasteiger partial charge in [-0.3, -0.25) is 14.9 Å². The lowest BCUT2D eigenvalue weighted by Crippen LogP contribution is -2.30. The van der Waals surface area contributed by atoms with Gasteiger partial charge in [0.1, 0.15) is 0 Å². The molecule has 3 heterocycles. The molecular weight excluding hydrogens is 473 g/mol. The van der Waals surface area contributed by atoms with Gasteiger partial charge in [0.25, 0.3) is 5.91 Å². The minimum atomic E-state index is -4.51. The lowest BCUT2D eigenvalue weighted by atomic mass is 10.1. The number of aromatic nitrogens is 1. The molecule has 1 saturated heterocycles. The Kier molecular flexibility index (Phi) is 6.99. The number of benzene rings is 1. The molecular formula is C22H21F3N4O2S2. The number of nitrogens with zero attached hydrogens (tertiary/aromatic N) is 2. The third kappa shape index (κ3) is 5.91. The topological polar surface area (TPSA) is 74.3 Å². The summed E-state index contributed by atoms with van der Waals surface area (Å²) < 4.78 is 39.8. The molecule has 6 nitrogen and oxygen atoms in total. The van der Waals surface area contributed by atoms with Crippen LogP contribution in [-0.4, -0.2) is 29.9 Å². The first-order chi connectivity index (χ1) is 15.8. The number of thiophene rings is 1. The second kappa shape index (κ2) is 9.92. The van der Waals surface area contributed by atoms with E-state index in [1.165, 1.54) is 28.7 Å². The van der Waals surface area contributed by atoms with Gasteiger partial charge in [0.15, 0.2) is 5.13 Å². The number of alkyl halides is 3. The van der Waals surface area contributed by atoms with Gasteiger partial charge >= 0.3 is 6.18 Å². The first-order valence-corrected chi connectivity index (χ1v) is 12.1. The Hall–Kier alpha value is -2.92. The Morgan fingerprint density at radius 3 is 2.55 bits per heavy atom. The number of halogens is 3. The van der Waals surface area contributed by atoms with Crippen LogP contribution in [0.5, 0.6) is 0 Å². The molecule has 1 aromatic carbocycles. The predicted molar refractivity (Wildman–Crippen MR) is 124 cm³/mol. The summed E-state index contributed by atoms with van der Waals surface area (Å²) in [4.78, 5) is 31.6. The van der Waals surface area contributed by atoms with Crippen LogP contribution in [0.2, 0.25) is 0 Å². The highest BCUT2D eigenvalue weighted by Gasteiger charge is 2.32. The summed E-state index contributed by atoms with van der Waals surface area (Å²) in [5, 5.41) is 9.10. The lowest BCUT2D eigenvalue weighted by Gasteiger charge is -2.31. The normalized spacial score (nSPS) is 14.2. The minimum Gasteiger partial charge on any atom is -0.370 e. The zero-order valence-corrected chi connectivity index (χ0v) is 19.1. The molecule has 1 aliphatic heterocycles. The smallest absolute Gasteiger partial charge is 0.370 e.